The molecule has 2 aliphatic heterocycles. The molecule has 9 heterocycles. The number of rotatable bonds is 15. The molecule has 394 valence electrons. The van der Waals surface area contributed by atoms with Gasteiger partial charge >= 0.3 is 0 Å². The third-order valence-electron chi connectivity index (χ3n) is 12.8. The number of hydrogen-bond donors (Lipinski definition) is 2. The number of methoxy groups -OCH3 is 2. The summed E-state index contributed by atoms with van der Waals surface area (Å²) in [7, 11) is 6.66. The van der Waals surface area contributed by atoms with Crippen LogP contribution in [0.25, 0.3) is 43.6 Å². The fraction of sp³-hybridized carbons (Fsp3) is 0.259. The molecule has 78 heavy (non-hydrogen) atoms. The highest BCUT2D eigenvalue weighted by Gasteiger charge is 2.31. The number of hydrogen-bond acceptors (Lipinski definition) is 15. The maximum atomic E-state index is 14.4. The van der Waals surface area contributed by atoms with Gasteiger partial charge in [0.15, 0.2) is 34.6 Å². The minimum atomic E-state index is -2.84. The number of para-hydroxylation sites is 2. The normalized spacial score (nSPS) is 13.8. The van der Waals surface area contributed by atoms with Crippen molar-refractivity contribution in [3.05, 3.63) is 155 Å². The highest BCUT2D eigenvalue weighted by Crippen LogP contribution is 2.43. The Morgan fingerprint density at radius 2 is 1.23 bits per heavy atom. The fourth-order valence-corrected chi connectivity index (χ4v) is 9.31. The van der Waals surface area contributed by atoms with Gasteiger partial charge in [-0.25, -0.2) is 51.9 Å². The van der Waals surface area contributed by atoms with Gasteiger partial charge < -0.3 is 34.5 Å². The van der Waals surface area contributed by atoms with E-state index in [4.69, 9.17) is 32.3 Å². The molecule has 0 bridgehead atoms. The molecule has 9 aromatic rings. The lowest BCUT2D eigenvalue weighted by Crippen LogP contribution is -2.20. The molecule has 11 rings (SSSR count). The molecule has 1 saturated heterocycles. The summed E-state index contributed by atoms with van der Waals surface area (Å²) in [5.41, 5.74) is 7.14. The number of anilines is 4. The summed E-state index contributed by atoms with van der Waals surface area (Å²) in [4.78, 5) is 42.1. The van der Waals surface area contributed by atoms with Crippen LogP contribution in [0, 0.1) is 13.1 Å². The van der Waals surface area contributed by atoms with Crippen LogP contribution in [0.15, 0.2) is 103 Å². The van der Waals surface area contributed by atoms with Gasteiger partial charge in [-0.15, -0.1) is 9.97 Å². The highest BCUT2D eigenvalue weighted by molar-refractivity contribution is 5.99. The molecule has 0 spiro atoms. The summed E-state index contributed by atoms with van der Waals surface area (Å²) >= 11 is 0. The summed E-state index contributed by atoms with van der Waals surface area (Å²) in [6.45, 7) is 15.0. The number of nitrogens with one attached hydrogen (secondary N) is 2. The monoisotopic (exact) mass is 1060 g/mol. The lowest BCUT2D eigenvalue weighted by Gasteiger charge is -2.25. The number of halogens is 4. The van der Waals surface area contributed by atoms with Crippen LogP contribution in [0.5, 0.6) is 11.5 Å². The molecule has 0 amide bonds. The van der Waals surface area contributed by atoms with Crippen LogP contribution in [0.1, 0.15) is 66.2 Å². The average molecular weight is 1060 g/mol. The molecule has 1 atom stereocenters. The number of aryl methyl sites for hydroxylation is 2. The van der Waals surface area contributed by atoms with E-state index in [1.165, 1.54) is 17.2 Å². The molecule has 2 aromatic carbocycles. The Balaban J connectivity index is 0.000000179. The number of fused-ring (bicyclic) bond motifs is 2. The molecule has 1 unspecified atom stereocenters. The molecule has 7 aromatic heterocycles. The van der Waals surface area contributed by atoms with Gasteiger partial charge in [0.2, 0.25) is 0 Å². The van der Waals surface area contributed by atoms with Gasteiger partial charge in [-0.05, 0) is 79.9 Å². The Bertz CT molecular complexity index is 3800. The molecule has 2 N–H and O–H groups in total. The van der Waals surface area contributed by atoms with E-state index >= 15 is 0 Å². The fourth-order valence-electron chi connectivity index (χ4n) is 9.31. The van der Waals surface area contributed by atoms with Gasteiger partial charge in [-0.2, -0.15) is 10.2 Å². The Labute approximate surface area is 443 Å². The van der Waals surface area contributed by atoms with E-state index in [0.29, 0.717) is 111 Å². The Morgan fingerprint density at radius 1 is 0.667 bits per heavy atom. The van der Waals surface area contributed by atoms with Crippen molar-refractivity contribution in [3.8, 4) is 34.3 Å². The van der Waals surface area contributed by atoms with Crippen LogP contribution in [0.4, 0.5) is 57.6 Å². The molecule has 0 aliphatic carbocycles. The quantitative estimate of drug-likeness (QED) is 0.0724. The smallest absolute Gasteiger partial charge is 0.295 e. The Kier molecular flexibility index (Phi) is 15.0. The zero-order chi connectivity index (χ0) is 54.5. The first-order valence-corrected chi connectivity index (χ1v) is 24.4. The van der Waals surface area contributed by atoms with Gasteiger partial charge in [-0.3, -0.25) is 9.55 Å². The lowest BCUT2D eigenvalue weighted by atomic mass is 10.1. The summed E-state index contributed by atoms with van der Waals surface area (Å²) in [5.74, 6) is 2.36. The SMILES string of the molecule is [C-]#[N+]c1cccc(Cc2cc(Nc3cccc(-c4ncnn4C)c3OC)c3c(n2)CC(C(F)F)=N3)n1.[C-]#[N+]c1cccc(Cc2cc(Nc3cccc(-c4ncnn4C)c3OC)c3nc(C(F)F)n(C4CCCCO4)c3n2)n1. The number of alkyl halides is 4. The number of nitrogens with zero attached hydrogens (tertiary/aromatic N) is 15. The van der Waals surface area contributed by atoms with Crippen molar-refractivity contribution in [2.45, 2.75) is 57.6 Å². The number of aromatic nitrogens is 12. The van der Waals surface area contributed by atoms with Crippen LogP contribution in [-0.2, 0) is 38.1 Å². The third kappa shape index (κ3) is 10.7. The van der Waals surface area contributed by atoms with E-state index in [1.807, 2.05) is 36.4 Å². The predicted octanol–water partition coefficient (Wildman–Crippen LogP) is 11.2. The van der Waals surface area contributed by atoms with Crippen molar-refractivity contribution in [2.24, 2.45) is 19.1 Å². The van der Waals surface area contributed by atoms with Crippen molar-refractivity contribution in [2.75, 3.05) is 31.5 Å². The van der Waals surface area contributed by atoms with Crippen LogP contribution in [0.2, 0.25) is 0 Å². The van der Waals surface area contributed by atoms with E-state index in [-0.39, 0.29) is 41.4 Å². The number of ether oxygens (including phenoxy) is 3. The second-order valence-corrected chi connectivity index (χ2v) is 17.8. The molecular formula is C54H47F4N17O3. The zero-order valence-electron chi connectivity index (χ0n) is 42.4. The maximum Gasteiger partial charge on any atom is 0.295 e. The van der Waals surface area contributed by atoms with Crippen LogP contribution in [-0.4, -0.2) is 92.0 Å². The molecule has 2 aliphatic rings. The van der Waals surface area contributed by atoms with E-state index in [2.05, 4.69) is 65.4 Å². The molecule has 20 nitrogen and oxygen atoms in total. The predicted molar refractivity (Wildman–Crippen MR) is 282 cm³/mol. The maximum absolute atomic E-state index is 14.4. The number of pyridine rings is 4. The van der Waals surface area contributed by atoms with E-state index in [0.717, 1.165) is 12.8 Å². The Hall–Kier alpha value is -9.68. The third-order valence-corrected chi connectivity index (χ3v) is 12.8. The van der Waals surface area contributed by atoms with Crippen molar-refractivity contribution in [1.82, 2.24) is 59.0 Å². The van der Waals surface area contributed by atoms with Crippen LogP contribution in [0.3, 0.4) is 0 Å². The van der Waals surface area contributed by atoms with Crippen molar-refractivity contribution < 1.29 is 31.8 Å². The first-order chi connectivity index (χ1) is 37.9. The van der Waals surface area contributed by atoms with Gasteiger partial charge in [0.05, 0.1) is 83.7 Å². The average Bonchev–Trinajstić information content (AvgIpc) is 4.28. The van der Waals surface area contributed by atoms with Crippen molar-refractivity contribution in [1.29, 1.82) is 0 Å². The van der Waals surface area contributed by atoms with Crippen molar-refractivity contribution >= 4 is 56.9 Å². The second-order valence-electron chi connectivity index (χ2n) is 17.8. The summed E-state index contributed by atoms with van der Waals surface area (Å²) < 4.78 is 78.0. The minimum absolute atomic E-state index is 0.0405. The number of aliphatic imine (C=N–C) groups is 1. The first kappa shape index (κ1) is 51.8. The van der Waals surface area contributed by atoms with E-state index in [9.17, 15) is 17.6 Å². The van der Waals surface area contributed by atoms with Gasteiger partial charge in [0.25, 0.3) is 24.5 Å². The molecule has 1 fully saturated rings. The summed E-state index contributed by atoms with van der Waals surface area (Å²) in [6.07, 6.45) is -0.390. The number of benzene rings is 2. The summed E-state index contributed by atoms with van der Waals surface area (Å²) in [6, 6.07) is 24.9. The lowest BCUT2D eigenvalue weighted by molar-refractivity contribution is -0.0363. The van der Waals surface area contributed by atoms with Gasteiger partial charge in [0.1, 0.15) is 41.5 Å². The molecule has 0 saturated carbocycles. The molecular weight excluding hydrogens is 1010 g/mol. The van der Waals surface area contributed by atoms with Crippen LogP contribution >= 0.6 is 0 Å². The van der Waals surface area contributed by atoms with E-state index < -0.39 is 24.9 Å². The van der Waals surface area contributed by atoms with Gasteiger partial charge in [0, 0.05) is 27.1 Å². The van der Waals surface area contributed by atoms with Gasteiger partial charge in [-0.1, -0.05) is 37.4 Å². The summed E-state index contributed by atoms with van der Waals surface area (Å²) in [5, 5.41) is 15.0. The van der Waals surface area contributed by atoms with Crippen LogP contribution < -0.4 is 20.1 Å². The Morgan fingerprint density at radius 3 is 1.74 bits per heavy atom. The molecule has 0 radical (unpaired) electrons. The standard InChI is InChI=1S/C29H27F2N9O2.C25H20F2N8O/c1-32-22-11-6-8-17(35-22)14-18-15-21(37-20-10-7-9-19(25(20)41-3)27-33-16-34-39(27)2)24-28(36-18)40(29(38-24)26(30)31)23-12-4-5-13-42-23;1-28-21-9-4-6-14(32-21)10-15-11-18(22-19(31-15)12-20(34-22)24(26)27)33-17-8-5-7-16(23(17)36-3)25-29-13-30-35(25)2/h6-11,15-16,23,26H,4-5,12-14H2,2-3H3,(H,36,37);4-9,11,13,24H,10,12H2,2-3H3,(H,31,33). The molecule has 24 heteroatoms. The van der Waals surface area contributed by atoms with Crippen molar-refractivity contribution in [3.63, 3.8) is 0 Å². The number of imidazole rings is 1. The zero-order valence-corrected chi connectivity index (χ0v) is 42.4. The second kappa shape index (κ2) is 22.7. The highest BCUT2D eigenvalue weighted by atomic mass is 19.3. The topological polar surface area (TPSA) is 204 Å². The largest absolute Gasteiger partial charge is 0.494 e. The first-order valence-electron chi connectivity index (χ1n) is 24.4. The minimum Gasteiger partial charge on any atom is -0.494 e. The van der Waals surface area contributed by atoms with E-state index in [1.54, 1.807) is 86.2 Å².